The Morgan fingerprint density at radius 3 is 2.77 bits per heavy atom. The number of hydrogen-bond acceptors (Lipinski definition) is 8. The molecule has 0 saturated carbocycles. The topological polar surface area (TPSA) is 115 Å². The number of thiazole rings is 1. The van der Waals surface area contributed by atoms with Crippen LogP contribution in [0.1, 0.15) is 25.7 Å². The van der Waals surface area contributed by atoms with Gasteiger partial charge in [-0.15, -0.1) is 11.6 Å². The first kappa shape index (κ1) is 24.6. The fourth-order valence-electron chi connectivity index (χ4n) is 3.65. The lowest BCUT2D eigenvalue weighted by molar-refractivity contribution is 0.193. The molecule has 2 aliphatic rings. The number of anilines is 1. The van der Waals surface area contributed by atoms with Gasteiger partial charge in [0.15, 0.2) is 10.3 Å². The van der Waals surface area contributed by atoms with Crippen LogP contribution in [0.2, 0.25) is 0 Å². The van der Waals surface area contributed by atoms with Gasteiger partial charge >= 0.3 is 0 Å². The Bertz CT molecular complexity index is 857. The number of sulfonamides is 1. The molecule has 1 aliphatic heterocycles. The number of unbranched alkanes of at least 4 members (excludes halogenated alkanes) is 1. The third-order valence-electron chi connectivity index (χ3n) is 5.28. The Kier molecular flexibility index (Phi) is 8.88. The Morgan fingerprint density at radius 2 is 2.10 bits per heavy atom. The molecule has 2 heterocycles. The van der Waals surface area contributed by atoms with Gasteiger partial charge in [0.2, 0.25) is 10.0 Å². The number of halogens is 3. The summed E-state index contributed by atoms with van der Waals surface area (Å²) in [5.41, 5.74) is 0.484. The highest BCUT2D eigenvalue weighted by Crippen LogP contribution is 2.30. The number of β-amino-alcohol motifs (C(OH)–C–C–N with tert-alkyl or cyclic N) is 1. The van der Waals surface area contributed by atoms with E-state index in [0.29, 0.717) is 36.2 Å². The maximum absolute atomic E-state index is 14.6. The molecule has 0 amide bonds. The number of hydrogen-bond donors (Lipinski definition) is 5. The Morgan fingerprint density at radius 1 is 1.32 bits per heavy atom. The molecule has 1 aliphatic carbocycles. The highest BCUT2D eigenvalue weighted by atomic mass is 35.5. The Labute approximate surface area is 189 Å². The number of alkyl halides is 2. The number of allylic oxidation sites excluding steroid dienone is 2. The van der Waals surface area contributed by atoms with E-state index in [2.05, 4.69) is 25.7 Å². The number of aliphatic hydroxyl groups is 1. The van der Waals surface area contributed by atoms with E-state index in [0.717, 1.165) is 38.5 Å². The van der Waals surface area contributed by atoms with Crippen LogP contribution < -0.4 is 20.7 Å². The summed E-state index contributed by atoms with van der Waals surface area (Å²) >= 11 is 6.84. The van der Waals surface area contributed by atoms with Crippen molar-refractivity contribution in [2.75, 3.05) is 30.9 Å². The van der Waals surface area contributed by atoms with Gasteiger partial charge in [0.25, 0.3) is 0 Å². The molecular formula is C18H28ClF2N5O3S2. The lowest BCUT2D eigenvalue weighted by Crippen LogP contribution is -2.42. The predicted molar refractivity (Wildman–Crippen MR) is 118 cm³/mol. The van der Waals surface area contributed by atoms with Gasteiger partial charge in [-0.1, -0.05) is 11.3 Å². The van der Waals surface area contributed by atoms with Crippen molar-refractivity contribution in [1.82, 2.24) is 20.9 Å². The minimum Gasteiger partial charge on any atom is -0.392 e. The van der Waals surface area contributed by atoms with E-state index in [4.69, 9.17) is 11.6 Å². The van der Waals surface area contributed by atoms with Crippen molar-refractivity contribution < 1.29 is 22.3 Å². The number of aliphatic hydroxyl groups excluding tert-OH is 1. The molecule has 3 rings (SSSR count). The van der Waals surface area contributed by atoms with E-state index in [-0.39, 0.29) is 17.7 Å². The summed E-state index contributed by atoms with van der Waals surface area (Å²) in [7, 11) is -4.10. The number of rotatable bonds is 11. The zero-order valence-corrected chi connectivity index (χ0v) is 19.2. The van der Waals surface area contributed by atoms with E-state index >= 15 is 0 Å². The van der Waals surface area contributed by atoms with E-state index in [9.17, 15) is 22.3 Å². The van der Waals surface area contributed by atoms with Gasteiger partial charge in [-0.3, -0.25) is 4.72 Å². The third-order valence-corrected chi connectivity index (χ3v) is 8.25. The summed E-state index contributed by atoms with van der Waals surface area (Å²) in [6.45, 7) is 2.87. The standard InChI is InChI=1S/C18H28ClF2N5O3S2/c19-13-6-16(31(28,29)26-18-25-10-17(21)30-18)14(20)7-15(13)23-4-2-1-3-22-8-11-5-12(27)9-24-11/h7,10-14,16,22-24,27H,1-6,8-9H2,(H,25,26)/t11?,12-,13?,14-,16?/m0/s1. The van der Waals surface area contributed by atoms with Crippen LogP contribution in [-0.2, 0) is 10.0 Å². The minimum absolute atomic E-state index is 0.105. The maximum Gasteiger partial charge on any atom is 0.240 e. The van der Waals surface area contributed by atoms with Crippen molar-refractivity contribution in [2.45, 2.75) is 54.6 Å². The molecular weight excluding hydrogens is 472 g/mol. The van der Waals surface area contributed by atoms with Crippen molar-refractivity contribution in [2.24, 2.45) is 0 Å². The van der Waals surface area contributed by atoms with E-state index < -0.39 is 32.0 Å². The Hall–Kier alpha value is -1.05. The maximum atomic E-state index is 14.6. The molecule has 3 unspecified atom stereocenters. The third kappa shape index (κ3) is 7.22. The number of nitrogens with zero attached hydrogens (tertiary/aromatic N) is 1. The molecule has 0 aromatic carbocycles. The fourth-order valence-corrected chi connectivity index (χ4v) is 6.32. The summed E-state index contributed by atoms with van der Waals surface area (Å²) in [5.74, 6) is 0. The molecule has 31 heavy (non-hydrogen) atoms. The smallest absolute Gasteiger partial charge is 0.240 e. The first-order valence-corrected chi connectivity index (χ1v) is 13.0. The van der Waals surface area contributed by atoms with Crippen LogP contribution in [0.25, 0.3) is 0 Å². The molecule has 0 radical (unpaired) electrons. The van der Waals surface area contributed by atoms with Crippen LogP contribution in [0.4, 0.5) is 13.9 Å². The summed E-state index contributed by atoms with van der Waals surface area (Å²) in [4.78, 5) is 3.60. The fraction of sp³-hybridized carbons (Fsp3) is 0.722. The predicted octanol–water partition coefficient (Wildman–Crippen LogP) is 1.31. The molecule has 176 valence electrons. The van der Waals surface area contributed by atoms with Crippen LogP contribution in [0.3, 0.4) is 0 Å². The average molecular weight is 500 g/mol. The van der Waals surface area contributed by atoms with Crippen LogP contribution >= 0.6 is 22.9 Å². The number of aromatic nitrogens is 1. The largest absolute Gasteiger partial charge is 0.392 e. The van der Waals surface area contributed by atoms with Crippen molar-refractivity contribution in [3.8, 4) is 0 Å². The van der Waals surface area contributed by atoms with Gasteiger partial charge in [-0.05, 0) is 38.3 Å². The van der Waals surface area contributed by atoms with Crippen molar-refractivity contribution in [1.29, 1.82) is 0 Å². The van der Waals surface area contributed by atoms with E-state index in [1.165, 1.54) is 6.08 Å². The highest BCUT2D eigenvalue weighted by Gasteiger charge is 2.39. The molecule has 5 atom stereocenters. The van der Waals surface area contributed by atoms with Gasteiger partial charge in [0, 0.05) is 31.4 Å². The molecule has 1 saturated heterocycles. The van der Waals surface area contributed by atoms with Crippen molar-refractivity contribution in [3.05, 3.63) is 23.1 Å². The Balaban J connectivity index is 1.38. The van der Waals surface area contributed by atoms with Crippen molar-refractivity contribution in [3.63, 3.8) is 0 Å². The second-order valence-corrected chi connectivity index (χ2v) is 11.2. The van der Waals surface area contributed by atoms with E-state index in [1.807, 2.05) is 0 Å². The second-order valence-electron chi connectivity index (χ2n) is 7.76. The van der Waals surface area contributed by atoms with Gasteiger partial charge in [0.05, 0.1) is 17.7 Å². The van der Waals surface area contributed by atoms with E-state index in [1.54, 1.807) is 0 Å². The van der Waals surface area contributed by atoms with Gasteiger partial charge < -0.3 is 21.1 Å². The summed E-state index contributed by atoms with van der Waals surface area (Å²) in [6, 6.07) is 0.298. The first-order chi connectivity index (χ1) is 14.7. The van der Waals surface area contributed by atoms with Crippen LogP contribution in [0.15, 0.2) is 18.0 Å². The van der Waals surface area contributed by atoms with Crippen molar-refractivity contribution >= 4 is 38.1 Å². The average Bonchev–Trinajstić information content (AvgIpc) is 3.30. The SMILES string of the molecule is O=S(=O)(Nc1ncc(F)s1)C1CC(Cl)C(NCCCCNCC2C[C@H](O)CN2)=C[C@@H]1F. The normalized spacial score (nSPS) is 29.0. The molecule has 1 aromatic heterocycles. The summed E-state index contributed by atoms with van der Waals surface area (Å²) in [6.07, 6.45) is 2.51. The van der Waals surface area contributed by atoms with Crippen LogP contribution in [0, 0.1) is 5.13 Å². The van der Waals surface area contributed by atoms with Gasteiger partial charge in [-0.2, -0.15) is 4.39 Å². The molecule has 0 bridgehead atoms. The monoisotopic (exact) mass is 499 g/mol. The summed E-state index contributed by atoms with van der Waals surface area (Å²) < 4.78 is 54.7. The second kappa shape index (κ2) is 11.2. The molecule has 0 spiro atoms. The van der Waals surface area contributed by atoms with Gasteiger partial charge in [0.1, 0.15) is 11.4 Å². The van der Waals surface area contributed by atoms with Gasteiger partial charge in [-0.25, -0.2) is 17.8 Å². The highest BCUT2D eigenvalue weighted by molar-refractivity contribution is 7.93. The minimum atomic E-state index is -4.10. The molecule has 8 nitrogen and oxygen atoms in total. The van der Waals surface area contributed by atoms with Crippen LogP contribution in [-0.4, -0.2) is 73.6 Å². The molecule has 1 fully saturated rings. The zero-order valence-electron chi connectivity index (χ0n) is 16.9. The first-order valence-electron chi connectivity index (χ1n) is 10.2. The quantitative estimate of drug-likeness (QED) is 0.230. The lowest BCUT2D eigenvalue weighted by Gasteiger charge is -2.29. The zero-order chi connectivity index (χ0) is 22.4. The summed E-state index contributed by atoms with van der Waals surface area (Å²) in [5, 5.41) is 16.3. The molecule has 13 heteroatoms. The van der Waals surface area contributed by atoms with Crippen LogP contribution in [0.5, 0.6) is 0 Å². The lowest BCUT2D eigenvalue weighted by atomic mass is 10.0. The molecule has 1 aromatic rings. The number of nitrogens with one attached hydrogen (secondary N) is 4. The molecule has 5 N–H and O–H groups in total.